The normalized spacial score (nSPS) is 10.3. The molecule has 94 valence electrons. The highest BCUT2D eigenvalue weighted by Crippen LogP contribution is 2.21. The highest BCUT2D eigenvalue weighted by atomic mass is 79.9. The third-order valence-corrected chi connectivity index (χ3v) is 3.18. The smallest absolute Gasteiger partial charge is 0.246 e. The van der Waals surface area contributed by atoms with Crippen molar-refractivity contribution in [2.24, 2.45) is 0 Å². The van der Waals surface area contributed by atoms with Crippen LogP contribution in [0.25, 0.3) is 0 Å². The number of nitrogens with one attached hydrogen (secondary N) is 1. The minimum absolute atomic E-state index is 0.0538. The minimum Gasteiger partial charge on any atom is -0.381 e. The van der Waals surface area contributed by atoms with E-state index >= 15 is 0 Å². The second-order valence-corrected chi connectivity index (χ2v) is 4.85. The van der Waals surface area contributed by atoms with Crippen LogP contribution in [0.3, 0.4) is 0 Å². The molecule has 18 heavy (non-hydrogen) atoms. The molecule has 0 fully saturated rings. The molecular weight excluding hydrogens is 320 g/mol. The predicted octanol–water partition coefficient (Wildman–Crippen LogP) is 2.52. The van der Waals surface area contributed by atoms with Crippen LogP contribution in [0.2, 0.25) is 5.02 Å². The first-order valence-electron chi connectivity index (χ1n) is 5.09. The number of benzene rings is 1. The van der Waals surface area contributed by atoms with E-state index in [1.807, 2.05) is 18.2 Å². The maximum atomic E-state index is 11.8. The van der Waals surface area contributed by atoms with Gasteiger partial charge in [0.05, 0.1) is 5.69 Å². The van der Waals surface area contributed by atoms with E-state index in [9.17, 15) is 4.79 Å². The molecule has 0 aliphatic carbocycles. The summed E-state index contributed by atoms with van der Waals surface area (Å²) in [7, 11) is 0. The van der Waals surface area contributed by atoms with E-state index < -0.39 is 0 Å². The molecule has 1 heterocycles. The summed E-state index contributed by atoms with van der Waals surface area (Å²) in [6.07, 6.45) is 1.51. The molecule has 0 unspecified atom stereocenters. The first kappa shape index (κ1) is 12.9. The van der Waals surface area contributed by atoms with Gasteiger partial charge in [-0.25, -0.2) is 0 Å². The lowest BCUT2D eigenvalue weighted by molar-refractivity contribution is -0.116. The van der Waals surface area contributed by atoms with Crippen molar-refractivity contribution in [2.75, 3.05) is 11.1 Å². The van der Waals surface area contributed by atoms with Gasteiger partial charge in [-0.1, -0.05) is 23.7 Å². The highest BCUT2D eigenvalue weighted by Gasteiger charge is 2.08. The van der Waals surface area contributed by atoms with Gasteiger partial charge in [0.1, 0.15) is 11.6 Å². The van der Waals surface area contributed by atoms with Crippen LogP contribution in [0, 0.1) is 0 Å². The summed E-state index contributed by atoms with van der Waals surface area (Å²) in [6.45, 7) is 0.0538. The van der Waals surface area contributed by atoms with Crippen molar-refractivity contribution >= 4 is 44.9 Å². The van der Waals surface area contributed by atoms with E-state index in [4.69, 9.17) is 17.3 Å². The molecule has 1 aromatic carbocycles. The number of hydrogen-bond acceptors (Lipinski definition) is 3. The fourth-order valence-corrected chi connectivity index (χ4v) is 1.93. The van der Waals surface area contributed by atoms with Crippen molar-refractivity contribution in [1.29, 1.82) is 0 Å². The number of aromatic nitrogens is 2. The average Bonchev–Trinajstić information content (AvgIpc) is 2.61. The van der Waals surface area contributed by atoms with Gasteiger partial charge in [-0.05, 0) is 28.1 Å². The average molecular weight is 330 g/mol. The number of nitrogens with two attached hydrogens (primary N) is 1. The quantitative estimate of drug-likeness (QED) is 0.909. The van der Waals surface area contributed by atoms with Gasteiger partial charge in [0, 0.05) is 10.7 Å². The summed E-state index contributed by atoms with van der Waals surface area (Å²) in [5.74, 6) is 0.00595. The van der Waals surface area contributed by atoms with E-state index in [0.717, 1.165) is 4.47 Å². The van der Waals surface area contributed by atoms with Crippen molar-refractivity contribution in [3.63, 3.8) is 0 Å². The Morgan fingerprint density at radius 2 is 2.22 bits per heavy atom. The van der Waals surface area contributed by atoms with Crippen LogP contribution in [-0.4, -0.2) is 15.7 Å². The number of hydrogen-bond donors (Lipinski definition) is 2. The van der Waals surface area contributed by atoms with Gasteiger partial charge in [-0.3, -0.25) is 9.48 Å². The van der Waals surface area contributed by atoms with Crippen LogP contribution < -0.4 is 11.1 Å². The second kappa shape index (κ2) is 5.41. The fourth-order valence-electron chi connectivity index (χ4n) is 1.39. The maximum absolute atomic E-state index is 11.8. The lowest BCUT2D eigenvalue weighted by Gasteiger charge is -2.06. The Balaban J connectivity index is 2.03. The largest absolute Gasteiger partial charge is 0.381 e. The van der Waals surface area contributed by atoms with Crippen molar-refractivity contribution < 1.29 is 4.79 Å². The van der Waals surface area contributed by atoms with Gasteiger partial charge >= 0.3 is 0 Å². The summed E-state index contributed by atoms with van der Waals surface area (Å²) in [6, 6.07) is 7.35. The number of halogens is 2. The molecule has 2 rings (SSSR count). The zero-order chi connectivity index (χ0) is 13.1. The molecule has 0 spiro atoms. The van der Waals surface area contributed by atoms with Gasteiger partial charge in [-0.15, -0.1) is 0 Å². The zero-order valence-electron chi connectivity index (χ0n) is 9.23. The summed E-state index contributed by atoms with van der Waals surface area (Å²) in [5.41, 5.74) is 6.19. The Morgan fingerprint density at radius 3 is 2.83 bits per heavy atom. The van der Waals surface area contributed by atoms with Crippen molar-refractivity contribution in [3.8, 4) is 0 Å². The molecule has 0 atom stereocenters. The monoisotopic (exact) mass is 328 g/mol. The Kier molecular flexibility index (Phi) is 3.88. The molecule has 3 N–H and O–H groups in total. The molecule has 2 aromatic rings. The highest BCUT2D eigenvalue weighted by molar-refractivity contribution is 9.10. The maximum Gasteiger partial charge on any atom is 0.246 e. The predicted molar refractivity (Wildman–Crippen MR) is 74.4 cm³/mol. The Labute approximate surface area is 117 Å². The van der Waals surface area contributed by atoms with Crippen molar-refractivity contribution in [3.05, 3.63) is 40.0 Å². The molecule has 0 saturated heterocycles. The number of carbonyl (C=O) groups is 1. The number of rotatable bonds is 3. The standard InChI is InChI=1S/C11H10BrClN4O/c12-7-3-1-2-4-9(7)15-10(18)6-17-5-8(13)11(14)16-17/h1-5H,6H2,(H2,14,16)(H,15,18). The number of nitrogens with zero attached hydrogens (tertiary/aromatic N) is 2. The summed E-state index contributed by atoms with van der Waals surface area (Å²) < 4.78 is 2.21. The van der Waals surface area contributed by atoms with Crippen LogP contribution in [-0.2, 0) is 11.3 Å². The van der Waals surface area contributed by atoms with Crippen LogP contribution >= 0.6 is 27.5 Å². The summed E-state index contributed by atoms with van der Waals surface area (Å²) >= 11 is 9.10. The molecule has 0 radical (unpaired) electrons. The van der Waals surface area contributed by atoms with Gasteiger partial charge in [0.15, 0.2) is 5.82 Å². The van der Waals surface area contributed by atoms with E-state index in [1.54, 1.807) is 6.07 Å². The minimum atomic E-state index is -0.207. The molecule has 0 aliphatic heterocycles. The molecule has 7 heteroatoms. The molecule has 0 saturated carbocycles. The molecule has 5 nitrogen and oxygen atoms in total. The number of amides is 1. The Bertz CT molecular complexity index is 565. The van der Waals surface area contributed by atoms with Gasteiger partial charge in [-0.2, -0.15) is 5.10 Å². The first-order chi connectivity index (χ1) is 8.56. The number of para-hydroxylation sites is 1. The third kappa shape index (κ3) is 3.02. The van der Waals surface area contributed by atoms with E-state index in [-0.39, 0.29) is 18.3 Å². The number of carbonyl (C=O) groups excluding carboxylic acids is 1. The number of nitrogen functional groups attached to an aromatic ring is 1. The summed E-state index contributed by atoms with van der Waals surface area (Å²) in [5, 5.41) is 7.00. The summed E-state index contributed by atoms with van der Waals surface area (Å²) in [4.78, 5) is 11.8. The van der Waals surface area contributed by atoms with Crippen LogP contribution in [0.5, 0.6) is 0 Å². The van der Waals surface area contributed by atoms with E-state index in [0.29, 0.717) is 10.7 Å². The van der Waals surface area contributed by atoms with Crippen LogP contribution in [0.15, 0.2) is 34.9 Å². The lowest BCUT2D eigenvalue weighted by atomic mass is 10.3. The lowest BCUT2D eigenvalue weighted by Crippen LogP contribution is -2.19. The van der Waals surface area contributed by atoms with Crippen LogP contribution in [0.4, 0.5) is 11.5 Å². The molecular formula is C11H10BrClN4O. The topological polar surface area (TPSA) is 72.9 Å². The van der Waals surface area contributed by atoms with Crippen LogP contribution in [0.1, 0.15) is 0 Å². The fraction of sp³-hybridized carbons (Fsp3) is 0.0909. The first-order valence-corrected chi connectivity index (χ1v) is 6.26. The SMILES string of the molecule is Nc1nn(CC(=O)Nc2ccccc2Br)cc1Cl. The zero-order valence-corrected chi connectivity index (χ0v) is 11.6. The molecule has 0 bridgehead atoms. The third-order valence-electron chi connectivity index (χ3n) is 2.20. The Hall–Kier alpha value is -1.53. The van der Waals surface area contributed by atoms with Gasteiger partial charge in [0.25, 0.3) is 0 Å². The second-order valence-electron chi connectivity index (χ2n) is 3.59. The van der Waals surface area contributed by atoms with Crippen molar-refractivity contribution in [1.82, 2.24) is 9.78 Å². The molecule has 1 amide bonds. The molecule has 1 aromatic heterocycles. The van der Waals surface area contributed by atoms with E-state index in [1.165, 1.54) is 10.9 Å². The van der Waals surface area contributed by atoms with Gasteiger partial charge in [0.2, 0.25) is 5.91 Å². The number of anilines is 2. The van der Waals surface area contributed by atoms with Crippen molar-refractivity contribution in [2.45, 2.75) is 6.54 Å². The van der Waals surface area contributed by atoms with E-state index in [2.05, 4.69) is 26.3 Å². The molecule has 0 aliphatic rings. The Morgan fingerprint density at radius 1 is 1.50 bits per heavy atom. The van der Waals surface area contributed by atoms with Gasteiger partial charge < -0.3 is 11.1 Å².